The standard InChI is InChI=1S/C15H24N2OS/c1-12(2)16-11-14-10-13(3)4-5-15(14)17-6-8-19(18)9-7-17/h4-5,10,12,16H,6-9,11H2,1-3H3. The van der Waals surface area contributed by atoms with E-state index in [0.717, 1.165) is 31.1 Å². The Morgan fingerprint density at radius 1 is 1.32 bits per heavy atom. The fourth-order valence-electron chi connectivity index (χ4n) is 2.36. The van der Waals surface area contributed by atoms with Crippen molar-refractivity contribution >= 4 is 16.5 Å². The van der Waals surface area contributed by atoms with Crippen LogP contribution in [0.15, 0.2) is 18.2 Å². The number of nitrogens with one attached hydrogen (secondary N) is 1. The SMILES string of the molecule is Cc1ccc(N2CCS(=O)CC2)c(CNC(C)C)c1. The number of anilines is 1. The van der Waals surface area contributed by atoms with E-state index in [-0.39, 0.29) is 0 Å². The summed E-state index contributed by atoms with van der Waals surface area (Å²) in [6.45, 7) is 9.18. The van der Waals surface area contributed by atoms with Crippen molar-refractivity contribution in [2.75, 3.05) is 29.5 Å². The van der Waals surface area contributed by atoms with E-state index in [1.807, 2.05) is 0 Å². The Balaban J connectivity index is 2.16. The molecule has 19 heavy (non-hydrogen) atoms. The highest BCUT2D eigenvalue weighted by Crippen LogP contribution is 2.23. The van der Waals surface area contributed by atoms with Gasteiger partial charge >= 0.3 is 0 Å². The second-order valence-electron chi connectivity index (χ2n) is 5.50. The van der Waals surface area contributed by atoms with E-state index in [1.54, 1.807) is 0 Å². The third-order valence-corrected chi connectivity index (χ3v) is 4.73. The Kier molecular flexibility index (Phi) is 4.99. The Labute approximate surface area is 118 Å². The number of rotatable bonds is 4. The zero-order chi connectivity index (χ0) is 13.8. The van der Waals surface area contributed by atoms with Crippen molar-refractivity contribution in [3.05, 3.63) is 29.3 Å². The second-order valence-corrected chi connectivity index (χ2v) is 7.20. The molecule has 3 nitrogen and oxygen atoms in total. The zero-order valence-corrected chi connectivity index (χ0v) is 12.9. The van der Waals surface area contributed by atoms with Gasteiger partial charge in [-0.15, -0.1) is 0 Å². The lowest BCUT2D eigenvalue weighted by atomic mass is 10.1. The summed E-state index contributed by atoms with van der Waals surface area (Å²) in [5.74, 6) is 1.59. The summed E-state index contributed by atoms with van der Waals surface area (Å²) in [5, 5.41) is 3.49. The molecule has 0 unspecified atom stereocenters. The van der Waals surface area contributed by atoms with Crippen LogP contribution in [-0.2, 0) is 17.3 Å². The monoisotopic (exact) mass is 280 g/mol. The van der Waals surface area contributed by atoms with Crippen LogP contribution in [0.5, 0.6) is 0 Å². The maximum absolute atomic E-state index is 11.5. The molecule has 1 fully saturated rings. The lowest BCUT2D eigenvalue weighted by molar-refractivity contribution is 0.587. The summed E-state index contributed by atoms with van der Waals surface area (Å²) >= 11 is 0. The molecule has 2 rings (SSSR count). The predicted octanol–water partition coefficient (Wildman–Crippen LogP) is 2.06. The second kappa shape index (κ2) is 6.53. The van der Waals surface area contributed by atoms with Gasteiger partial charge in [-0.05, 0) is 18.6 Å². The molecule has 0 bridgehead atoms. The van der Waals surface area contributed by atoms with Gasteiger partial charge in [-0.1, -0.05) is 31.5 Å². The third-order valence-electron chi connectivity index (χ3n) is 3.45. The third kappa shape index (κ3) is 4.05. The highest BCUT2D eigenvalue weighted by Gasteiger charge is 2.17. The Bertz CT molecular complexity index is 449. The molecule has 0 aromatic heterocycles. The van der Waals surface area contributed by atoms with Crippen LogP contribution in [0.2, 0.25) is 0 Å². The first kappa shape index (κ1) is 14.5. The van der Waals surface area contributed by atoms with Crippen LogP contribution < -0.4 is 10.2 Å². The first-order valence-corrected chi connectivity index (χ1v) is 8.48. The van der Waals surface area contributed by atoms with E-state index in [9.17, 15) is 4.21 Å². The average molecular weight is 280 g/mol. The zero-order valence-electron chi connectivity index (χ0n) is 12.1. The lowest BCUT2D eigenvalue weighted by Crippen LogP contribution is -2.38. The number of nitrogens with zero attached hydrogens (tertiary/aromatic N) is 1. The van der Waals surface area contributed by atoms with Crippen LogP contribution >= 0.6 is 0 Å². The van der Waals surface area contributed by atoms with Crippen molar-refractivity contribution in [2.45, 2.75) is 33.4 Å². The highest BCUT2D eigenvalue weighted by molar-refractivity contribution is 7.85. The van der Waals surface area contributed by atoms with Crippen molar-refractivity contribution in [3.8, 4) is 0 Å². The quantitative estimate of drug-likeness (QED) is 0.916. The minimum Gasteiger partial charge on any atom is -0.369 e. The highest BCUT2D eigenvalue weighted by atomic mass is 32.2. The van der Waals surface area contributed by atoms with E-state index >= 15 is 0 Å². The molecule has 1 heterocycles. The summed E-state index contributed by atoms with van der Waals surface area (Å²) in [7, 11) is -0.614. The van der Waals surface area contributed by atoms with E-state index in [1.165, 1.54) is 16.8 Å². The van der Waals surface area contributed by atoms with Gasteiger partial charge in [0.05, 0.1) is 0 Å². The minimum atomic E-state index is -0.614. The van der Waals surface area contributed by atoms with Crippen molar-refractivity contribution in [1.29, 1.82) is 0 Å². The van der Waals surface area contributed by atoms with Crippen molar-refractivity contribution < 1.29 is 4.21 Å². The van der Waals surface area contributed by atoms with Gasteiger partial charge in [0.2, 0.25) is 0 Å². The molecule has 1 aromatic rings. The molecule has 0 amide bonds. The Morgan fingerprint density at radius 2 is 2.00 bits per heavy atom. The van der Waals surface area contributed by atoms with Crippen molar-refractivity contribution in [1.82, 2.24) is 5.32 Å². The molecule has 0 radical (unpaired) electrons. The molecule has 1 aliphatic heterocycles. The predicted molar refractivity (Wildman–Crippen MR) is 83.2 cm³/mol. The molecule has 0 spiro atoms. The van der Waals surface area contributed by atoms with Crippen LogP contribution in [0.3, 0.4) is 0 Å². The van der Waals surface area contributed by atoms with E-state index in [4.69, 9.17) is 0 Å². The van der Waals surface area contributed by atoms with Gasteiger partial charge < -0.3 is 10.2 Å². The number of hydrogen-bond donors (Lipinski definition) is 1. The van der Waals surface area contributed by atoms with Gasteiger partial charge in [-0.2, -0.15) is 0 Å². The molecule has 106 valence electrons. The Hall–Kier alpha value is -0.870. The van der Waals surface area contributed by atoms with Gasteiger partial charge in [-0.25, -0.2) is 0 Å². The van der Waals surface area contributed by atoms with E-state index in [0.29, 0.717) is 6.04 Å². The topological polar surface area (TPSA) is 32.3 Å². The summed E-state index contributed by atoms with van der Waals surface area (Å²) in [5.41, 5.74) is 3.95. The lowest BCUT2D eigenvalue weighted by Gasteiger charge is -2.30. The summed E-state index contributed by atoms with van der Waals surface area (Å²) < 4.78 is 11.5. The summed E-state index contributed by atoms with van der Waals surface area (Å²) in [4.78, 5) is 2.37. The molecule has 1 N–H and O–H groups in total. The minimum absolute atomic E-state index is 0.488. The molecule has 1 aliphatic rings. The van der Waals surface area contributed by atoms with Crippen LogP contribution in [0, 0.1) is 6.92 Å². The molecule has 0 aliphatic carbocycles. The first-order chi connectivity index (χ1) is 9.06. The van der Waals surface area contributed by atoms with Gasteiger partial charge in [0.25, 0.3) is 0 Å². The first-order valence-electron chi connectivity index (χ1n) is 6.99. The fraction of sp³-hybridized carbons (Fsp3) is 0.600. The molecule has 1 aromatic carbocycles. The molecule has 0 atom stereocenters. The van der Waals surface area contributed by atoms with Gasteiger partial charge in [-0.3, -0.25) is 4.21 Å². The maximum Gasteiger partial charge on any atom is 0.0412 e. The molecule has 4 heteroatoms. The average Bonchev–Trinajstić information content (AvgIpc) is 2.38. The maximum atomic E-state index is 11.5. The molecular formula is C15H24N2OS. The summed E-state index contributed by atoms with van der Waals surface area (Å²) in [6.07, 6.45) is 0. The van der Waals surface area contributed by atoms with Crippen LogP contribution in [0.25, 0.3) is 0 Å². The smallest absolute Gasteiger partial charge is 0.0412 e. The summed E-state index contributed by atoms with van der Waals surface area (Å²) in [6, 6.07) is 7.12. The fourth-order valence-corrected chi connectivity index (χ4v) is 3.41. The number of hydrogen-bond acceptors (Lipinski definition) is 3. The van der Waals surface area contributed by atoms with Gasteiger partial charge in [0.15, 0.2) is 0 Å². The normalized spacial score (nSPS) is 17.2. The number of benzene rings is 1. The largest absolute Gasteiger partial charge is 0.369 e. The molecule has 1 saturated heterocycles. The van der Waals surface area contributed by atoms with Crippen molar-refractivity contribution in [2.24, 2.45) is 0 Å². The van der Waals surface area contributed by atoms with Crippen LogP contribution in [-0.4, -0.2) is 34.8 Å². The van der Waals surface area contributed by atoms with E-state index < -0.39 is 10.8 Å². The van der Waals surface area contributed by atoms with E-state index in [2.05, 4.69) is 49.2 Å². The number of aryl methyl sites for hydroxylation is 1. The Morgan fingerprint density at radius 3 is 2.63 bits per heavy atom. The van der Waals surface area contributed by atoms with Gasteiger partial charge in [0, 0.05) is 53.7 Å². The van der Waals surface area contributed by atoms with Crippen LogP contribution in [0.1, 0.15) is 25.0 Å². The molecule has 0 saturated carbocycles. The van der Waals surface area contributed by atoms with Crippen LogP contribution in [0.4, 0.5) is 5.69 Å². The van der Waals surface area contributed by atoms with Crippen molar-refractivity contribution in [3.63, 3.8) is 0 Å². The van der Waals surface area contributed by atoms with Gasteiger partial charge in [0.1, 0.15) is 0 Å². The molecular weight excluding hydrogens is 256 g/mol.